The molecule has 22 heavy (non-hydrogen) atoms. The summed E-state index contributed by atoms with van der Waals surface area (Å²) in [5.41, 5.74) is 3.03. The van der Waals surface area contributed by atoms with Crippen molar-refractivity contribution in [2.75, 3.05) is 18.0 Å². The van der Waals surface area contributed by atoms with Crippen molar-refractivity contribution in [2.24, 2.45) is 0 Å². The Labute approximate surface area is 134 Å². The molecule has 0 aliphatic carbocycles. The van der Waals surface area contributed by atoms with E-state index >= 15 is 0 Å². The van der Waals surface area contributed by atoms with Crippen molar-refractivity contribution < 1.29 is 9.52 Å². The molecule has 0 saturated carbocycles. The Morgan fingerprint density at radius 1 is 1.14 bits per heavy atom. The number of benzene rings is 2. The maximum atomic E-state index is 9.97. The van der Waals surface area contributed by atoms with Crippen molar-refractivity contribution in [3.63, 3.8) is 0 Å². The molecule has 0 aliphatic rings. The average molecular weight is 317 g/mol. The molecule has 0 fully saturated rings. The van der Waals surface area contributed by atoms with Crippen molar-refractivity contribution in [1.29, 1.82) is 0 Å². The molecule has 114 valence electrons. The van der Waals surface area contributed by atoms with Gasteiger partial charge in [-0.1, -0.05) is 11.6 Å². The largest absolute Gasteiger partial charge is 0.507 e. The number of aromatic nitrogens is 1. The van der Waals surface area contributed by atoms with Crippen molar-refractivity contribution in [1.82, 2.24) is 4.98 Å². The molecule has 0 atom stereocenters. The van der Waals surface area contributed by atoms with Crippen LogP contribution in [0, 0.1) is 0 Å². The number of halogens is 1. The van der Waals surface area contributed by atoms with E-state index in [1.165, 1.54) is 6.07 Å². The Kier molecular flexibility index (Phi) is 3.94. The van der Waals surface area contributed by atoms with Crippen LogP contribution in [0.25, 0.3) is 22.6 Å². The molecule has 1 N–H and O–H groups in total. The zero-order chi connectivity index (χ0) is 15.7. The lowest BCUT2D eigenvalue weighted by molar-refractivity contribution is 0.474. The molecule has 5 heteroatoms. The van der Waals surface area contributed by atoms with Gasteiger partial charge in [0.05, 0.1) is 5.56 Å². The third kappa shape index (κ3) is 2.62. The lowest BCUT2D eigenvalue weighted by Gasteiger charge is -2.20. The molecule has 1 aromatic heterocycles. The van der Waals surface area contributed by atoms with Crippen LogP contribution in [0.5, 0.6) is 5.75 Å². The topological polar surface area (TPSA) is 49.5 Å². The SMILES string of the molecule is CCN(CC)c1ccc2nc(-c3cc(Cl)ccc3O)oc2c1. The van der Waals surface area contributed by atoms with Crippen molar-refractivity contribution >= 4 is 28.4 Å². The number of rotatable bonds is 4. The Balaban J connectivity index is 2.08. The van der Waals surface area contributed by atoms with E-state index in [9.17, 15) is 5.11 Å². The van der Waals surface area contributed by atoms with E-state index in [0.717, 1.165) is 24.3 Å². The van der Waals surface area contributed by atoms with Crippen LogP contribution in [0.4, 0.5) is 5.69 Å². The number of oxazole rings is 1. The molecule has 1 heterocycles. The third-order valence-corrected chi connectivity index (χ3v) is 3.92. The monoisotopic (exact) mass is 316 g/mol. The van der Waals surface area contributed by atoms with Gasteiger partial charge in [0.15, 0.2) is 5.58 Å². The maximum absolute atomic E-state index is 9.97. The summed E-state index contributed by atoms with van der Waals surface area (Å²) in [7, 11) is 0. The van der Waals surface area contributed by atoms with Gasteiger partial charge in [0.25, 0.3) is 0 Å². The highest BCUT2D eigenvalue weighted by molar-refractivity contribution is 6.30. The number of aromatic hydroxyl groups is 1. The van der Waals surface area contributed by atoms with Crippen LogP contribution in [-0.2, 0) is 0 Å². The van der Waals surface area contributed by atoms with Gasteiger partial charge in [0.2, 0.25) is 5.89 Å². The number of anilines is 1. The number of hydrogen-bond acceptors (Lipinski definition) is 4. The molecular weight excluding hydrogens is 300 g/mol. The summed E-state index contributed by atoms with van der Waals surface area (Å²) in [5.74, 6) is 0.464. The van der Waals surface area contributed by atoms with E-state index in [2.05, 4.69) is 23.7 Å². The molecule has 0 radical (unpaired) electrons. The number of phenols is 1. The lowest BCUT2D eigenvalue weighted by atomic mass is 10.2. The second-order valence-corrected chi connectivity index (χ2v) is 5.44. The van der Waals surface area contributed by atoms with E-state index < -0.39 is 0 Å². The van der Waals surface area contributed by atoms with Crippen LogP contribution in [0.3, 0.4) is 0 Å². The highest BCUT2D eigenvalue weighted by atomic mass is 35.5. The van der Waals surface area contributed by atoms with Gasteiger partial charge >= 0.3 is 0 Å². The van der Waals surface area contributed by atoms with Crippen molar-refractivity contribution in [3.8, 4) is 17.2 Å². The first-order valence-electron chi connectivity index (χ1n) is 7.26. The summed E-state index contributed by atoms with van der Waals surface area (Å²) in [4.78, 5) is 6.67. The van der Waals surface area contributed by atoms with Crippen LogP contribution in [0.15, 0.2) is 40.8 Å². The smallest absolute Gasteiger partial charge is 0.231 e. The van der Waals surface area contributed by atoms with Crippen molar-refractivity contribution in [2.45, 2.75) is 13.8 Å². The quantitative estimate of drug-likeness (QED) is 0.758. The van der Waals surface area contributed by atoms with Crippen LogP contribution in [-0.4, -0.2) is 23.2 Å². The van der Waals surface area contributed by atoms with E-state index in [4.69, 9.17) is 16.0 Å². The minimum absolute atomic E-state index is 0.0972. The molecule has 2 aromatic carbocycles. The van der Waals surface area contributed by atoms with E-state index in [1.807, 2.05) is 18.2 Å². The highest BCUT2D eigenvalue weighted by Gasteiger charge is 2.14. The average Bonchev–Trinajstić information content (AvgIpc) is 2.94. The van der Waals surface area contributed by atoms with Crippen LogP contribution < -0.4 is 4.90 Å². The molecule has 0 unspecified atom stereocenters. The third-order valence-electron chi connectivity index (χ3n) is 3.69. The normalized spacial score (nSPS) is 11.0. The van der Waals surface area contributed by atoms with Crippen LogP contribution >= 0.6 is 11.6 Å². The summed E-state index contributed by atoms with van der Waals surface area (Å²) < 4.78 is 5.81. The number of phenolic OH excluding ortho intramolecular Hbond substituents is 1. The fourth-order valence-electron chi connectivity index (χ4n) is 2.49. The number of fused-ring (bicyclic) bond motifs is 1. The molecule has 0 amide bonds. The first kappa shape index (κ1) is 14.7. The molecule has 0 bridgehead atoms. The molecule has 0 aliphatic heterocycles. The maximum Gasteiger partial charge on any atom is 0.231 e. The Morgan fingerprint density at radius 2 is 1.91 bits per heavy atom. The molecule has 3 aromatic rings. The Morgan fingerprint density at radius 3 is 2.64 bits per heavy atom. The van der Waals surface area contributed by atoms with E-state index in [0.29, 0.717) is 22.1 Å². The molecule has 0 spiro atoms. The minimum atomic E-state index is 0.0972. The summed E-state index contributed by atoms with van der Waals surface area (Å²) in [6.45, 7) is 6.09. The van der Waals surface area contributed by atoms with Gasteiger partial charge in [-0.3, -0.25) is 0 Å². The van der Waals surface area contributed by atoms with Crippen LogP contribution in [0.1, 0.15) is 13.8 Å². The minimum Gasteiger partial charge on any atom is -0.507 e. The van der Waals surface area contributed by atoms with Gasteiger partial charge < -0.3 is 14.4 Å². The second kappa shape index (κ2) is 5.89. The summed E-state index contributed by atoms with van der Waals surface area (Å²) in [6, 6.07) is 10.7. The summed E-state index contributed by atoms with van der Waals surface area (Å²) in [5, 5.41) is 10.5. The van der Waals surface area contributed by atoms with Gasteiger partial charge in [-0.05, 0) is 44.2 Å². The van der Waals surface area contributed by atoms with Gasteiger partial charge in [0, 0.05) is 29.9 Å². The zero-order valence-corrected chi connectivity index (χ0v) is 13.3. The predicted molar refractivity (Wildman–Crippen MR) is 89.7 cm³/mol. The molecular formula is C17H17ClN2O2. The first-order chi connectivity index (χ1) is 10.6. The molecule has 3 rings (SSSR count). The van der Waals surface area contributed by atoms with Crippen molar-refractivity contribution in [3.05, 3.63) is 41.4 Å². The lowest BCUT2D eigenvalue weighted by Crippen LogP contribution is -2.21. The number of hydrogen-bond donors (Lipinski definition) is 1. The van der Waals surface area contributed by atoms with Gasteiger partial charge in [-0.15, -0.1) is 0 Å². The molecule has 4 nitrogen and oxygen atoms in total. The molecule has 0 saturated heterocycles. The zero-order valence-electron chi connectivity index (χ0n) is 12.5. The van der Waals surface area contributed by atoms with Gasteiger partial charge in [0.1, 0.15) is 11.3 Å². The fraction of sp³-hybridized carbons (Fsp3) is 0.235. The standard InChI is InChI=1S/C17H17ClN2O2/c1-3-20(4-2)12-6-7-14-16(10-12)22-17(19-14)13-9-11(18)5-8-15(13)21/h5-10,21H,3-4H2,1-2H3. The van der Waals surface area contributed by atoms with E-state index in [1.54, 1.807) is 12.1 Å². The van der Waals surface area contributed by atoms with Gasteiger partial charge in [-0.2, -0.15) is 0 Å². The first-order valence-corrected chi connectivity index (χ1v) is 7.64. The van der Waals surface area contributed by atoms with Gasteiger partial charge in [-0.25, -0.2) is 4.98 Å². The Bertz CT molecular complexity index is 810. The van der Waals surface area contributed by atoms with Crippen LogP contribution in [0.2, 0.25) is 5.02 Å². The summed E-state index contributed by atoms with van der Waals surface area (Å²) >= 11 is 5.98. The highest BCUT2D eigenvalue weighted by Crippen LogP contribution is 2.34. The fourth-order valence-corrected chi connectivity index (χ4v) is 2.67. The second-order valence-electron chi connectivity index (χ2n) is 5.00. The predicted octanol–water partition coefficient (Wildman–Crippen LogP) is 4.70. The summed E-state index contributed by atoms with van der Waals surface area (Å²) in [6.07, 6.45) is 0. The van der Waals surface area contributed by atoms with E-state index in [-0.39, 0.29) is 5.75 Å². The number of nitrogens with zero attached hydrogens (tertiary/aromatic N) is 2. The Hall–Kier alpha value is -2.20.